The predicted octanol–water partition coefficient (Wildman–Crippen LogP) is 3.88. The van der Waals surface area contributed by atoms with E-state index in [9.17, 15) is 10.1 Å². The van der Waals surface area contributed by atoms with Gasteiger partial charge in [0.25, 0.3) is 0 Å². The van der Waals surface area contributed by atoms with Crippen molar-refractivity contribution in [3.8, 4) is 29.9 Å². The lowest BCUT2D eigenvalue weighted by Crippen LogP contribution is -2.21. The lowest BCUT2D eigenvalue weighted by Gasteiger charge is -2.16. The molecule has 0 aliphatic carbocycles. The summed E-state index contributed by atoms with van der Waals surface area (Å²) in [5, 5.41) is 9.52. The van der Waals surface area contributed by atoms with E-state index in [0.29, 0.717) is 17.1 Å². The van der Waals surface area contributed by atoms with Gasteiger partial charge in [-0.15, -0.1) is 6.42 Å². The number of hydrogen-bond donors (Lipinski definition) is 0. The van der Waals surface area contributed by atoms with Crippen LogP contribution in [0.2, 0.25) is 5.02 Å². The molecule has 120 valence electrons. The SMILES string of the molecule is C#CCOc1c(Cl)cc(/C=C(\C#N)C(=O)C(C)(C)C)cc1OC. The minimum atomic E-state index is -0.648. The Morgan fingerprint density at radius 2 is 2.09 bits per heavy atom. The topological polar surface area (TPSA) is 59.3 Å². The van der Waals surface area contributed by atoms with Gasteiger partial charge in [-0.1, -0.05) is 38.3 Å². The van der Waals surface area contributed by atoms with E-state index in [1.807, 2.05) is 6.07 Å². The van der Waals surface area contributed by atoms with Crippen molar-refractivity contribution in [1.82, 2.24) is 0 Å². The highest BCUT2D eigenvalue weighted by atomic mass is 35.5. The summed E-state index contributed by atoms with van der Waals surface area (Å²) in [5.41, 5.74) is -0.0346. The number of halogens is 1. The number of hydrogen-bond acceptors (Lipinski definition) is 4. The van der Waals surface area contributed by atoms with Gasteiger partial charge in [0.05, 0.1) is 17.7 Å². The zero-order valence-corrected chi connectivity index (χ0v) is 14.3. The maximum absolute atomic E-state index is 12.2. The molecule has 0 bridgehead atoms. The van der Waals surface area contributed by atoms with E-state index in [1.165, 1.54) is 13.2 Å². The zero-order valence-electron chi connectivity index (χ0n) is 13.6. The summed E-state index contributed by atoms with van der Waals surface area (Å²) in [6.07, 6.45) is 6.64. The number of carbonyl (C=O) groups excluding carboxylic acids is 1. The molecule has 0 aliphatic heterocycles. The molecule has 1 aromatic rings. The van der Waals surface area contributed by atoms with E-state index in [-0.39, 0.29) is 23.0 Å². The van der Waals surface area contributed by atoms with E-state index in [1.54, 1.807) is 32.9 Å². The smallest absolute Gasteiger partial charge is 0.181 e. The molecule has 5 heteroatoms. The minimum absolute atomic E-state index is 0.0490. The maximum Gasteiger partial charge on any atom is 0.181 e. The van der Waals surface area contributed by atoms with Crippen molar-refractivity contribution in [2.45, 2.75) is 20.8 Å². The molecule has 0 saturated carbocycles. The normalized spacial score (nSPS) is 11.3. The molecule has 0 heterocycles. The van der Waals surface area contributed by atoms with Gasteiger partial charge in [-0.05, 0) is 23.8 Å². The Hall–Kier alpha value is -2.43. The summed E-state index contributed by atoms with van der Waals surface area (Å²) in [6, 6.07) is 5.15. The van der Waals surface area contributed by atoms with Crippen LogP contribution in [-0.4, -0.2) is 19.5 Å². The highest BCUT2D eigenvalue weighted by molar-refractivity contribution is 6.32. The minimum Gasteiger partial charge on any atom is -0.493 e. The van der Waals surface area contributed by atoms with Crippen molar-refractivity contribution in [2.75, 3.05) is 13.7 Å². The van der Waals surface area contributed by atoms with Crippen LogP contribution >= 0.6 is 11.6 Å². The molecule has 0 amide bonds. The second kappa shape index (κ2) is 7.72. The fourth-order valence-electron chi connectivity index (χ4n) is 1.80. The van der Waals surface area contributed by atoms with E-state index >= 15 is 0 Å². The third-order valence-electron chi connectivity index (χ3n) is 2.91. The van der Waals surface area contributed by atoms with Crippen LogP contribution in [0, 0.1) is 29.1 Å². The molecule has 1 rings (SSSR count). The number of rotatable bonds is 5. The molecule has 0 spiro atoms. The van der Waals surface area contributed by atoms with Crippen LogP contribution < -0.4 is 9.47 Å². The molecule has 0 saturated heterocycles. The van der Waals surface area contributed by atoms with E-state index in [2.05, 4.69) is 5.92 Å². The molecule has 23 heavy (non-hydrogen) atoms. The zero-order chi connectivity index (χ0) is 17.6. The molecule has 0 radical (unpaired) electrons. The molecule has 1 aromatic carbocycles. The number of ketones is 1. The number of carbonyl (C=O) groups is 1. The lowest BCUT2D eigenvalue weighted by molar-refractivity contribution is -0.121. The van der Waals surface area contributed by atoms with Gasteiger partial charge in [0, 0.05) is 5.41 Å². The van der Waals surface area contributed by atoms with Crippen molar-refractivity contribution >= 4 is 23.5 Å². The summed E-state index contributed by atoms with van der Waals surface area (Å²) < 4.78 is 10.6. The maximum atomic E-state index is 12.2. The Morgan fingerprint density at radius 1 is 1.43 bits per heavy atom. The van der Waals surface area contributed by atoms with Gasteiger partial charge in [-0.2, -0.15) is 5.26 Å². The highest BCUT2D eigenvalue weighted by Gasteiger charge is 2.25. The third kappa shape index (κ3) is 4.77. The number of ether oxygens (including phenoxy) is 2. The molecule has 0 unspecified atom stereocenters. The first-order chi connectivity index (χ1) is 10.7. The van der Waals surface area contributed by atoms with Crippen LogP contribution in [-0.2, 0) is 4.79 Å². The Labute approximate surface area is 141 Å². The van der Waals surface area contributed by atoms with Crippen LogP contribution in [0.4, 0.5) is 0 Å². The second-order valence-corrected chi connectivity index (χ2v) is 6.18. The Kier molecular flexibility index (Phi) is 6.25. The van der Waals surface area contributed by atoms with E-state index in [0.717, 1.165) is 0 Å². The summed E-state index contributed by atoms with van der Waals surface area (Å²) in [5.74, 6) is 2.80. The summed E-state index contributed by atoms with van der Waals surface area (Å²) in [4.78, 5) is 12.2. The number of terminal acetylenes is 1. The third-order valence-corrected chi connectivity index (χ3v) is 3.19. The standard InChI is InChI=1S/C18H18ClNO3/c1-6-7-23-16-14(19)9-12(10-15(16)22-5)8-13(11-20)17(21)18(2,3)4/h1,8-10H,7H2,2-5H3/b13-8+. The number of methoxy groups -OCH3 is 1. The summed E-state index contributed by atoms with van der Waals surface area (Å²) in [7, 11) is 1.47. The summed E-state index contributed by atoms with van der Waals surface area (Å²) in [6.45, 7) is 5.32. The van der Waals surface area contributed by atoms with Crippen LogP contribution in [0.1, 0.15) is 26.3 Å². The van der Waals surface area contributed by atoms with Crippen LogP contribution in [0.15, 0.2) is 17.7 Å². The number of nitrogens with zero attached hydrogens (tertiary/aromatic N) is 1. The van der Waals surface area contributed by atoms with Crippen molar-refractivity contribution in [3.05, 3.63) is 28.3 Å². The monoisotopic (exact) mass is 331 g/mol. The Balaban J connectivity index is 3.32. The largest absolute Gasteiger partial charge is 0.493 e. The molecule has 0 atom stereocenters. The second-order valence-electron chi connectivity index (χ2n) is 5.78. The first-order valence-electron chi connectivity index (χ1n) is 6.85. The Bertz CT molecular complexity index is 715. The molecule has 0 N–H and O–H groups in total. The van der Waals surface area contributed by atoms with Gasteiger partial charge in [0.2, 0.25) is 0 Å². The number of benzene rings is 1. The average molecular weight is 332 g/mol. The summed E-state index contributed by atoms with van der Waals surface area (Å²) >= 11 is 6.17. The Morgan fingerprint density at radius 3 is 2.57 bits per heavy atom. The molecule has 0 aliphatic rings. The van der Waals surface area contributed by atoms with Gasteiger partial charge in [0.1, 0.15) is 12.7 Å². The predicted molar refractivity (Wildman–Crippen MR) is 90.4 cm³/mol. The average Bonchev–Trinajstić information content (AvgIpc) is 2.49. The van der Waals surface area contributed by atoms with Crippen molar-refractivity contribution < 1.29 is 14.3 Å². The molecular weight excluding hydrogens is 314 g/mol. The van der Waals surface area contributed by atoms with Crippen LogP contribution in [0.5, 0.6) is 11.5 Å². The van der Waals surface area contributed by atoms with Crippen molar-refractivity contribution in [1.29, 1.82) is 5.26 Å². The van der Waals surface area contributed by atoms with Crippen molar-refractivity contribution in [3.63, 3.8) is 0 Å². The highest BCUT2D eigenvalue weighted by Crippen LogP contribution is 2.37. The van der Waals surface area contributed by atoms with Gasteiger partial charge in [-0.3, -0.25) is 4.79 Å². The van der Waals surface area contributed by atoms with Crippen molar-refractivity contribution in [2.24, 2.45) is 5.41 Å². The molecule has 4 nitrogen and oxygen atoms in total. The fourth-order valence-corrected chi connectivity index (χ4v) is 2.07. The molecular formula is C18H18ClNO3. The first-order valence-corrected chi connectivity index (χ1v) is 7.22. The number of allylic oxidation sites excluding steroid dienone is 1. The lowest BCUT2D eigenvalue weighted by atomic mass is 9.86. The van der Waals surface area contributed by atoms with Gasteiger partial charge in [-0.25, -0.2) is 0 Å². The van der Waals surface area contributed by atoms with Gasteiger partial charge in [0.15, 0.2) is 17.3 Å². The van der Waals surface area contributed by atoms with Crippen LogP contribution in [0.3, 0.4) is 0 Å². The van der Waals surface area contributed by atoms with E-state index in [4.69, 9.17) is 27.5 Å². The molecule has 0 aromatic heterocycles. The first kappa shape index (κ1) is 18.6. The number of nitriles is 1. The fraction of sp³-hybridized carbons (Fsp3) is 0.333. The van der Waals surface area contributed by atoms with E-state index < -0.39 is 5.41 Å². The number of Topliss-reactive ketones (excluding diaryl/α,β-unsaturated/α-hetero) is 1. The van der Waals surface area contributed by atoms with Gasteiger partial charge >= 0.3 is 0 Å². The van der Waals surface area contributed by atoms with Crippen LogP contribution in [0.25, 0.3) is 6.08 Å². The van der Waals surface area contributed by atoms with Gasteiger partial charge < -0.3 is 9.47 Å². The quantitative estimate of drug-likeness (QED) is 0.466. The molecule has 0 fully saturated rings.